The van der Waals surface area contributed by atoms with E-state index in [-0.39, 0.29) is 6.42 Å². The second kappa shape index (κ2) is 3.34. The number of amides is 2. The molecular weight excluding hydrogens is 203 g/mol. The molecule has 0 aromatic heterocycles. The number of carbonyl (C=O) groups excluding carboxylic acids is 2. The lowest BCUT2D eigenvalue weighted by Gasteiger charge is -2.28. The summed E-state index contributed by atoms with van der Waals surface area (Å²) in [6, 6.07) is 0. The van der Waals surface area contributed by atoms with E-state index < -0.39 is 24.2 Å². The molecule has 1 unspecified atom stereocenters. The molecule has 0 N–H and O–H groups in total. The minimum atomic E-state index is -1.37. The lowest BCUT2D eigenvalue weighted by Crippen LogP contribution is -2.51. The molecule has 2 amide bonds. The Morgan fingerprint density at radius 2 is 2.00 bits per heavy atom. The van der Waals surface area contributed by atoms with Crippen LogP contribution in [0.3, 0.4) is 0 Å². The van der Waals surface area contributed by atoms with Gasteiger partial charge < -0.3 is 0 Å². The first-order valence-electron chi connectivity index (χ1n) is 4.28. The van der Waals surface area contributed by atoms with Gasteiger partial charge in [0.25, 0.3) is 11.8 Å². The van der Waals surface area contributed by atoms with Crippen LogP contribution < -0.4 is 0 Å². The Kier molecular flexibility index (Phi) is 2.14. The van der Waals surface area contributed by atoms with Gasteiger partial charge in [-0.05, 0) is 5.22 Å². The molecule has 0 bridgehead atoms. The fraction of sp³-hybridized carbons (Fsp3) is 0.375. The van der Waals surface area contributed by atoms with Crippen LogP contribution >= 0.6 is 0 Å². The first-order chi connectivity index (χ1) is 7.19. The van der Waals surface area contributed by atoms with E-state index in [9.17, 15) is 14.0 Å². The number of imide groups is 1. The molecule has 0 aromatic carbocycles. The largest absolute Gasteiger partial charge is 0.269 e. The molecule has 0 saturated heterocycles. The molecule has 1 atom stereocenters. The zero-order valence-corrected chi connectivity index (χ0v) is 7.63. The molecule has 2 aliphatic rings. The SMILES string of the molecule is O=C1C=CC(=O)N1C1(CCF)C=NN=N1. The highest BCUT2D eigenvalue weighted by Gasteiger charge is 2.45. The van der Waals surface area contributed by atoms with Gasteiger partial charge in [0.15, 0.2) is 0 Å². The Balaban J connectivity index is 2.34. The first-order valence-corrected chi connectivity index (χ1v) is 4.28. The molecule has 2 rings (SSSR count). The summed E-state index contributed by atoms with van der Waals surface area (Å²) in [5.41, 5.74) is -1.37. The third-order valence-electron chi connectivity index (χ3n) is 2.19. The number of carbonyl (C=O) groups is 2. The number of nitrogens with zero attached hydrogens (tertiary/aromatic N) is 4. The van der Waals surface area contributed by atoms with E-state index in [0.717, 1.165) is 17.1 Å². The molecule has 0 aromatic rings. The third-order valence-corrected chi connectivity index (χ3v) is 2.19. The van der Waals surface area contributed by atoms with Crippen LogP contribution in [0.25, 0.3) is 0 Å². The lowest BCUT2D eigenvalue weighted by atomic mass is 10.1. The average molecular weight is 210 g/mol. The van der Waals surface area contributed by atoms with E-state index in [4.69, 9.17) is 0 Å². The van der Waals surface area contributed by atoms with E-state index in [2.05, 4.69) is 15.4 Å². The molecule has 78 valence electrons. The van der Waals surface area contributed by atoms with Gasteiger partial charge in [-0.1, -0.05) is 0 Å². The Morgan fingerprint density at radius 1 is 1.33 bits per heavy atom. The van der Waals surface area contributed by atoms with Crippen LogP contribution in [0.15, 0.2) is 27.6 Å². The molecule has 2 heterocycles. The molecule has 0 radical (unpaired) electrons. The zero-order chi connectivity index (χ0) is 10.9. The van der Waals surface area contributed by atoms with Crippen molar-refractivity contribution in [3.8, 4) is 0 Å². The summed E-state index contributed by atoms with van der Waals surface area (Å²) >= 11 is 0. The molecule has 2 aliphatic heterocycles. The van der Waals surface area contributed by atoms with Crippen LogP contribution in [0.4, 0.5) is 4.39 Å². The van der Waals surface area contributed by atoms with E-state index in [1.807, 2.05) is 0 Å². The molecule has 0 spiro atoms. The van der Waals surface area contributed by atoms with Gasteiger partial charge in [-0.3, -0.25) is 14.0 Å². The van der Waals surface area contributed by atoms with Gasteiger partial charge in [-0.2, -0.15) is 0 Å². The Labute approximate surface area is 84.2 Å². The van der Waals surface area contributed by atoms with Gasteiger partial charge in [-0.25, -0.2) is 4.90 Å². The van der Waals surface area contributed by atoms with Crippen molar-refractivity contribution in [1.29, 1.82) is 0 Å². The number of hydrogen-bond acceptors (Lipinski definition) is 5. The Morgan fingerprint density at radius 3 is 2.47 bits per heavy atom. The van der Waals surface area contributed by atoms with E-state index >= 15 is 0 Å². The van der Waals surface area contributed by atoms with Crippen LogP contribution in [0, 0.1) is 0 Å². The van der Waals surface area contributed by atoms with Gasteiger partial charge in [0, 0.05) is 18.6 Å². The maximum Gasteiger partial charge on any atom is 0.256 e. The number of halogens is 1. The highest BCUT2D eigenvalue weighted by Crippen LogP contribution is 2.27. The standard InChI is InChI=1S/C8H7FN4O2/c9-4-3-8(5-10-12-11-8)13-6(14)1-2-7(13)15/h1-2,5H,3-4H2. The maximum absolute atomic E-state index is 12.4. The van der Waals surface area contributed by atoms with Crippen LogP contribution in [-0.4, -0.2) is 35.3 Å². The topological polar surface area (TPSA) is 74.5 Å². The van der Waals surface area contributed by atoms with Crippen LogP contribution in [0.1, 0.15) is 6.42 Å². The Hall–Kier alpha value is -1.92. The van der Waals surface area contributed by atoms with Gasteiger partial charge in [-0.15, -0.1) is 10.2 Å². The van der Waals surface area contributed by atoms with Crippen molar-refractivity contribution >= 4 is 18.0 Å². The summed E-state index contributed by atoms with van der Waals surface area (Å²) in [6.07, 6.45) is 3.31. The minimum Gasteiger partial charge on any atom is -0.269 e. The fourth-order valence-corrected chi connectivity index (χ4v) is 1.50. The highest BCUT2D eigenvalue weighted by molar-refractivity contribution is 6.15. The van der Waals surface area contributed by atoms with Crippen molar-refractivity contribution in [2.24, 2.45) is 15.4 Å². The van der Waals surface area contributed by atoms with Crippen molar-refractivity contribution in [1.82, 2.24) is 4.90 Å². The molecular formula is C8H7FN4O2. The van der Waals surface area contributed by atoms with Crippen molar-refractivity contribution in [2.45, 2.75) is 12.1 Å². The smallest absolute Gasteiger partial charge is 0.256 e. The fourth-order valence-electron chi connectivity index (χ4n) is 1.50. The number of rotatable bonds is 3. The van der Waals surface area contributed by atoms with Gasteiger partial charge in [0.2, 0.25) is 5.66 Å². The van der Waals surface area contributed by atoms with E-state index in [1.54, 1.807) is 0 Å². The molecule has 0 aliphatic carbocycles. The van der Waals surface area contributed by atoms with Crippen molar-refractivity contribution in [3.05, 3.63) is 12.2 Å². The summed E-state index contributed by atoms with van der Waals surface area (Å²) < 4.78 is 12.4. The van der Waals surface area contributed by atoms with Crippen LogP contribution in [0.5, 0.6) is 0 Å². The maximum atomic E-state index is 12.4. The summed E-state index contributed by atoms with van der Waals surface area (Å²) in [4.78, 5) is 23.6. The predicted molar refractivity (Wildman–Crippen MR) is 47.7 cm³/mol. The van der Waals surface area contributed by atoms with Crippen LogP contribution in [0.2, 0.25) is 0 Å². The molecule has 15 heavy (non-hydrogen) atoms. The first kappa shape index (κ1) is 9.63. The van der Waals surface area contributed by atoms with Gasteiger partial charge in [0.05, 0.1) is 12.9 Å². The summed E-state index contributed by atoms with van der Waals surface area (Å²) in [7, 11) is 0. The van der Waals surface area contributed by atoms with E-state index in [1.165, 1.54) is 6.21 Å². The third kappa shape index (κ3) is 1.36. The second-order valence-electron chi connectivity index (χ2n) is 3.10. The van der Waals surface area contributed by atoms with Crippen molar-refractivity contribution in [3.63, 3.8) is 0 Å². The second-order valence-corrected chi connectivity index (χ2v) is 3.10. The predicted octanol–water partition coefficient (Wildman–Crippen LogP) is 0.419. The van der Waals surface area contributed by atoms with E-state index in [0.29, 0.717) is 0 Å². The zero-order valence-electron chi connectivity index (χ0n) is 7.63. The quantitative estimate of drug-likeness (QED) is 0.633. The summed E-state index contributed by atoms with van der Waals surface area (Å²) in [6.45, 7) is -0.720. The minimum absolute atomic E-state index is 0.126. The Bertz CT molecular complexity index is 371. The van der Waals surface area contributed by atoms with Crippen molar-refractivity contribution < 1.29 is 14.0 Å². The average Bonchev–Trinajstić information content (AvgIpc) is 2.76. The van der Waals surface area contributed by atoms with Crippen LogP contribution in [-0.2, 0) is 9.59 Å². The summed E-state index contributed by atoms with van der Waals surface area (Å²) in [5.74, 6) is -1.05. The molecule has 0 fully saturated rings. The number of hydrogen-bond donors (Lipinski definition) is 0. The van der Waals surface area contributed by atoms with Gasteiger partial charge >= 0.3 is 0 Å². The molecule has 7 heteroatoms. The molecule has 0 saturated carbocycles. The highest BCUT2D eigenvalue weighted by atomic mass is 19.1. The molecule has 6 nitrogen and oxygen atoms in total. The lowest BCUT2D eigenvalue weighted by molar-refractivity contribution is -0.141. The summed E-state index contributed by atoms with van der Waals surface area (Å²) in [5, 5.41) is 10.4. The van der Waals surface area contributed by atoms with Gasteiger partial charge in [0.1, 0.15) is 0 Å². The number of alkyl halides is 1. The van der Waals surface area contributed by atoms with Crippen molar-refractivity contribution in [2.75, 3.05) is 6.67 Å². The normalized spacial score (nSPS) is 28.5. The monoisotopic (exact) mass is 210 g/mol.